The van der Waals surface area contributed by atoms with E-state index in [1.165, 1.54) is 0 Å². The highest BCUT2D eigenvalue weighted by atomic mass is 79.9. The molecule has 0 aromatic heterocycles. The van der Waals surface area contributed by atoms with Gasteiger partial charge in [-0.1, -0.05) is 24.3 Å². The standard InChI is InChI=1S/C28H27BrN2O4/c1-3-35-25-15-18(12-20(29)28(25)33)27-26-23(30-21-6-4-5-7-22(21)31-27)13-17(14-24(26)32)16-8-10-19(34-2)11-9-16/h4-12,15,17,27,30-31,33H,3,13-14H2,1-2H3/t17-,27+/m1/s1. The maximum Gasteiger partial charge on any atom is 0.172 e. The lowest BCUT2D eigenvalue weighted by Gasteiger charge is -2.30. The van der Waals surface area contributed by atoms with Crippen LogP contribution in [0.25, 0.3) is 0 Å². The third kappa shape index (κ3) is 4.48. The molecule has 0 unspecified atom stereocenters. The molecule has 2 aliphatic rings. The Bertz CT molecular complexity index is 1300. The highest BCUT2D eigenvalue weighted by Crippen LogP contribution is 2.46. The number of rotatable bonds is 5. The van der Waals surface area contributed by atoms with Crippen LogP contribution in [0, 0.1) is 0 Å². The van der Waals surface area contributed by atoms with Crippen molar-refractivity contribution >= 4 is 33.1 Å². The third-order valence-corrected chi connectivity index (χ3v) is 7.18. The Morgan fingerprint density at radius 2 is 1.77 bits per heavy atom. The molecule has 7 heteroatoms. The van der Waals surface area contributed by atoms with Gasteiger partial charge in [0.2, 0.25) is 0 Å². The molecule has 0 spiro atoms. The maximum absolute atomic E-state index is 13.7. The minimum absolute atomic E-state index is 0.0477. The van der Waals surface area contributed by atoms with Crippen molar-refractivity contribution in [3.8, 4) is 17.2 Å². The molecular weight excluding hydrogens is 508 g/mol. The summed E-state index contributed by atoms with van der Waals surface area (Å²) in [5.41, 5.74) is 5.40. The SMILES string of the molecule is CCOc1cc([C@@H]2Nc3ccccc3NC3=C2C(=O)C[C@H](c2ccc(OC)cc2)C3)cc(Br)c1O. The monoisotopic (exact) mass is 534 g/mol. The highest BCUT2D eigenvalue weighted by Gasteiger charge is 2.36. The van der Waals surface area contributed by atoms with Crippen LogP contribution >= 0.6 is 15.9 Å². The molecule has 0 amide bonds. The van der Waals surface area contributed by atoms with Crippen molar-refractivity contribution in [2.45, 2.75) is 31.7 Å². The van der Waals surface area contributed by atoms with Gasteiger partial charge in [-0.2, -0.15) is 0 Å². The van der Waals surface area contributed by atoms with Crippen LogP contribution in [0.15, 0.2) is 76.4 Å². The summed E-state index contributed by atoms with van der Waals surface area (Å²) in [6.07, 6.45) is 1.12. The fourth-order valence-electron chi connectivity index (χ4n) is 4.88. The number of methoxy groups -OCH3 is 1. The van der Waals surface area contributed by atoms with Crippen LogP contribution in [0.2, 0.25) is 0 Å². The number of hydrogen-bond acceptors (Lipinski definition) is 6. The Hall–Kier alpha value is -3.45. The van der Waals surface area contributed by atoms with Gasteiger partial charge in [-0.25, -0.2) is 0 Å². The van der Waals surface area contributed by atoms with Crippen molar-refractivity contribution in [2.75, 3.05) is 24.4 Å². The van der Waals surface area contributed by atoms with E-state index in [-0.39, 0.29) is 17.5 Å². The fourth-order valence-corrected chi connectivity index (χ4v) is 5.34. The zero-order chi connectivity index (χ0) is 24.5. The molecule has 3 N–H and O–H groups in total. The van der Waals surface area contributed by atoms with E-state index in [2.05, 4.69) is 26.6 Å². The van der Waals surface area contributed by atoms with Gasteiger partial charge in [-0.15, -0.1) is 0 Å². The zero-order valence-corrected chi connectivity index (χ0v) is 21.2. The van der Waals surface area contributed by atoms with E-state index in [0.29, 0.717) is 35.2 Å². The Balaban J connectivity index is 1.60. The molecule has 2 atom stereocenters. The number of aromatic hydroxyl groups is 1. The first-order chi connectivity index (χ1) is 17.0. The quantitative estimate of drug-likeness (QED) is 0.344. The predicted octanol–water partition coefficient (Wildman–Crippen LogP) is 6.54. The average molecular weight is 535 g/mol. The summed E-state index contributed by atoms with van der Waals surface area (Å²) in [6.45, 7) is 2.29. The predicted molar refractivity (Wildman–Crippen MR) is 140 cm³/mol. The average Bonchev–Trinajstić information content (AvgIpc) is 3.04. The van der Waals surface area contributed by atoms with Crippen molar-refractivity contribution in [1.29, 1.82) is 0 Å². The molecule has 6 nitrogen and oxygen atoms in total. The second-order valence-electron chi connectivity index (χ2n) is 8.72. The Morgan fingerprint density at radius 3 is 2.49 bits per heavy atom. The van der Waals surface area contributed by atoms with Gasteiger partial charge < -0.3 is 25.2 Å². The number of ether oxygens (including phenoxy) is 2. The minimum Gasteiger partial charge on any atom is -0.503 e. The molecule has 0 saturated carbocycles. The van der Waals surface area contributed by atoms with E-state index in [1.807, 2.05) is 67.6 Å². The fraction of sp³-hybridized carbons (Fsp3) is 0.250. The molecule has 1 heterocycles. The van der Waals surface area contributed by atoms with Gasteiger partial charge in [0, 0.05) is 17.7 Å². The van der Waals surface area contributed by atoms with Crippen molar-refractivity contribution in [1.82, 2.24) is 0 Å². The number of carbonyl (C=O) groups is 1. The van der Waals surface area contributed by atoms with Crippen molar-refractivity contribution in [2.24, 2.45) is 0 Å². The number of Topliss-reactive ketones (excluding diaryl/α,β-unsaturated/α-hetero) is 1. The molecule has 0 fully saturated rings. The van der Waals surface area contributed by atoms with E-state index in [4.69, 9.17) is 9.47 Å². The molecule has 1 aliphatic heterocycles. The molecule has 0 radical (unpaired) electrons. The number of nitrogens with one attached hydrogen (secondary N) is 2. The Labute approximate surface area is 213 Å². The summed E-state index contributed by atoms with van der Waals surface area (Å²) in [5.74, 6) is 1.38. The number of anilines is 2. The molecule has 5 rings (SSSR count). The van der Waals surface area contributed by atoms with E-state index in [0.717, 1.165) is 33.9 Å². The summed E-state index contributed by atoms with van der Waals surface area (Å²) in [6, 6.07) is 19.1. The topological polar surface area (TPSA) is 79.8 Å². The third-order valence-electron chi connectivity index (χ3n) is 6.58. The molecule has 180 valence electrons. The maximum atomic E-state index is 13.7. The van der Waals surface area contributed by atoms with Crippen LogP contribution in [0.4, 0.5) is 11.4 Å². The lowest BCUT2D eigenvalue weighted by Crippen LogP contribution is -2.27. The Kier molecular flexibility index (Phi) is 6.43. The van der Waals surface area contributed by atoms with Gasteiger partial charge in [0.25, 0.3) is 0 Å². The first kappa shape index (κ1) is 23.3. The number of phenolic OH excluding ortho intramolecular Hbond substituents is 1. The van der Waals surface area contributed by atoms with Crippen LogP contribution < -0.4 is 20.1 Å². The highest BCUT2D eigenvalue weighted by molar-refractivity contribution is 9.10. The van der Waals surface area contributed by atoms with Gasteiger partial charge in [0.15, 0.2) is 17.3 Å². The lowest BCUT2D eigenvalue weighted by atomic mass is 9.78. The van der Waals surface area contributed by atoms with Crippen LogP contribution in [0.5, 0.6) is 17.2 Å². The smallest absolute Gasteiger partial charge is 0.172 e. The molecule has 3 aromatic carbocycles. The minimum atomic E-state index is -0.401. The largest absolute Gasteiger partial charge is 0.503 e. The number of hydrogen-bond donors (Lipinski definition) is 3. The number of carbonyl (C=O) groups excluding carboxylic acids is 1. The summed E-state index contributed by atoms with van der Waals surface area (Å²) in [5, 5.41) is 17.6. The number of fused-ring (bicyclic) bond motifs is 1. The van der Waals surface area contributed by atoms with Gasteiger partial charge in [0.1, 0.15) is 5.75 Å². The summed E-state index contributed by atoms with van der Waals surface area (Å²) >= 11 is 3.46. The summed E-state index contributed by atoms with van der Waals surface area (Å²) in [7, 11) is 1.65. The van der Waals surface area contributed by atoms with Gasteiger partial charge >= 0.3 is 0 Å². The van der Waals surface area contributed by atoms with Gasteiger partial charge in [-0.05, 0) is 82.7 Å². The molecule has 0 bridgehead atoms. The zero-order valence-electron chi connectivity index (χ0n) is 19.6. The van der Waals surface area contributed by atoms with E-state index in [1.54, 1.807) is 7.11 Å². The first-order valence-electron chi connectivity index (χ1n) is 11.7. The number of para-hydroxylation sites is 2. The molecular formula is C28H27BrN2O4. The van der Waals surface area contributed by atoms with Gasteiger partial charge in [0.05, 0.1) is 35.6 Å². The first-order valence-corrected chi connectivity index (χ1v) is 12.5. The summed E-state index contributed by atoms with van der Waals surface area (Å²) < 4.78 is 11.5. The number of benzene rings is 3. The number of ketones is 1. The Morgan fingerprint density at radius 1 is 1.03 bits per heavy atom. The number of phenols is 1. The lowest BCUT2D eigenvalue weighted by molar-refractivity contribution is -0.116. The van der Waals surface area contributed by atoms with Crippen LogP contribution in [-0.4, -0.2) is 24.6 Å². The molecule has 1 aliphatic carbocycles. The van der Waals surface area contributed by atoms with E-state index >= 15 is 0 Å². The van der Waals surface area contributed by atoms with Crippen LogP contribution in [0.1, 0.15) is 42.9 Å². The number of allylic oxidation sites excluding steroid dienone is 1. The van der Waals surface area contributed by atoms with E-state index < -0.39 is 6.04 Å². The van der Waals surface area contributed by atoms with Crippen molar-refractivity contribution < 1.29 is 19.4 Å². The molecule has 3 aromatic rings. The van der Waals surface area contributed by atoms with Crippen LogP contribution in [0.3, 0.4) is 0 Å². The normalized spacial score (nSPS) is 19.1. The molecule has 0 saturated heterocycles. The van der Waals surface area contributed by atoms with Crippen molar-refractivity contribution in [3.05, 3.63) is 87.5 Å². The molecule has 35 heavy (non-hydrogen) atoms. The second kappa shape index (κ2) is 9.66. The van der Waals surface area contributed by atoms with Gasteiger partial charge in [-0.3, -0.25) is 4.79 Å². The summed E-state index contributed by atoms with van der Waals surface area (Å²) in [4.78, 5) is 13.7. The van der Waals surface area contributed by atoms with E-state index in [9.17, 15) is 9.90 Å². The van der Waals surface area contributed by atoms with Crippen molar-refractivity contribution in [3.63, 3.8) is 0 Å². The second-order valence-corrected chi connectivity index (χ2v) is 9.58. The van der Waals surface area contributed by atoms with Crippen LogP contribution in [-0.2, 0) is 4.79 Å². The number of halogens is 1.